The normalized spacial score (nSPS) is 15.9. The third-order valence-electron chi connectivity index (χ3n) is 2.26. The molecule has 0 rings (SSSR count). The minimum Gasteiger partial charge on any atom is -0.344 e. The molecule has 0 aromatic rings. The number of rotatable bonds is 4. The van der Waals surface area contributed by atoms with Crippen LogP contribution in [-0.4, -0.2) is 20.3 Å². The van der Waals surface area contributed by atoms with E-state index in [4.69, 9.17) is 0 Å². The topological polar surface area (TPSA) is 145 Å². The first-order valence-electron chi connectivity index (χ1n) is 4.64. The summed E-state index contributed by atoms with van der Waals surface area (Å²) in [6.07, 6.45) is 1.97. The molecule has 11 N–H and O–H groups in total. The summed E-state index contributed by atoms with van der Waals surface area (Å²) in [4.78, 5) is 19.2. The van der Waals surface area contributed by atoms with Crippen LogP contribution < -0.4 is 18.5 Å². The molecule has 16 heavy (non-hydrogen) atoms. The standard InChI is InChI=1S/C8H21O2PS2.3H3N/c1-5-7(3)13(8(4)6-2)11(9,10)12;;;/h7-10,12H,5-6H2,1-4H3;3*1H3. The van der Waals surface area contributed by atoms with Crippen molar-refractivity contribution < 1.29 is 9.79 Å². The molecule has 0 aromatic heterocycles. The fraction of sp³-hybridized carbons (Fsp3) is 1.00. The Morgan fingerprint density at radius 3 is 1.38 bits per heavy atom. The molecule has 5 nitrogen and oxygen atoms in total. The van der Waals surface area contributed by atoms with Crippen molar-refractivity contribution in [2.24, 2.45) is 0 Å². The second kappa shape index (κ2) is 11.0. The zero-order valence-electron chi connectivity index (χ0n) is 10.9. The maximum Gasteiger partial charge on any atom is 0.199 e. The summed E-state index contributed by atoms with van der Waals surface area (Å²) in [6, 6.07) is 0. The van der Waals surface area contributed by atoms with Crippen molar-refractivity contribution in [3.05, 3.63) is 0 Å². The van der Waals surface area contributed by atoms with Crippen LogP contribution in [0.1, 0.15) is 40.5 Å². The number of thiol groups is 1. The predicted octanol–water partition coefficient (Wildman–Crippen LogP) is 3.28. The van der Waals surface area contributed by atoms with Crippen LogP contribution >= 0.6 is 17.9 Å². The highest BCUT2D eigenvalue weighted by molar-refractivity contribution is 8.66. The van der Waals surface area contributed by atoms with E-state index >= 15 is 0 Å². The van der Waals surface area contributed by atoms with E-state index < -0.39 is 5.69 Å². The molecule has 8 heteroatoms. The molecule has 0 radical (unpaired) electrons. The maximum atomic E-state index is 9.62. The number of hydrogen-bond donors (Lipinski definition) is 6. The summed E-state index contributed by atoms with van der Waals surface area (Å²) in [6.45, 7) is 8.31. The molecule has 0 aromatic carbocycles. The first-order valence-corrected chi connectivity index (χ1v) is 9.44. The van der Waals surface area contributed by atoms with Gasteiger partial charge in [-0.15, -0.1) is 10.1 Å². The summed E-state index contributed by atoms with van der Waals surface area (Å²) in [7, 11) is -0.345. The average Bonchev–Trinajstić information content (AvgIpc) is 2.01. The van der Waals surface area contributed by atoms with E-state index in [1.165, 1.54) is 0 Å². The van der Waals surface area contributed by atoms with E-state index in [2.05, 4.69) is 39.9 Å². The van der Waals surface area contributed by atoms with Crippen LogP contribution in [0.25, 0.3) is 0 Å². The van der Waals surface area contributed by atoms with Crippen molar-refractivity contribution in [1.29, 1.82) is 0 Å². The summed E-state index contributed by atoms with van der Waals surface area (Å²) in [5, 5.41) is 0.714. The molecule has 0 amide bonds. The average molecular weight is 295 g/mol. The van der Waals surface area contributed by atoms with Crippen LogP contribution in [-0.2, 0) is 10.1 Å². The SMILES string of the molecule is CCC(C)S(C(C)CC)=P(O)(O)S.N.N.N. The maximum absolute atomic E-state index is 9.62. The van der Waals surface area contributed by atoms with E-state index in [0.717, 1.165) is 12.8 Å². The van der Waals surface area contributed by atoms with Gasteiger partial charge in [0.2, 0.25) is 0 Å². The monoisotopic (exact) mass is 295 g/mol. The Morgan fingerprint density at radius 1 is 1.00 bits per heavy atom. The Bertz CT molecular complexity index is 203. The molecule has 0 aliphatic rings. The van der Waals surface area contributed by atoms with Crippen molar-refractivity contribution in [2.75, 3.05) is 0 Å². The molecular weight excluding hydrogens is 265 g/mol. The van der Waals surface area contributed by atoms with Gasteiger partial charge in [-0.05, 0) is 12.8 Å². The molecule has 0 saturated heterocycles. The van der Waals surface area contributed by atoms with Crippen molar-refractivity contribution in [1.82, 2.24) is 18.5 Å². The molecule has 2 unspecified atom stereocenters. The Balaban J connectivity index is -0.000000240. The van der Waals surface area contributed by atoms with Gasteiger partial charge >= 0.3 is 0 Å². The highest BCUT2D eigenvalue weighted by Crippen LogP contribution is 2.50. The van der Waals surface area contributed by atoms with E-state index in [0.29, 0.717) is 10.5 Å². The molecule has 106 valence electrons. The van der Waals surface area contributed by atoms with Gasteiger partial charge in [-0.2, -0.15) is 0 Å². The molecule has 0 bridgehead atoms. The van der Waals surface area contributed by atoms with Gasteiger partial charge < -0.3 is 28.2 Å². The van der Waals surface area contributed by atoms with Crippen LogP contribution in [0, 0.1) is 0 Å². The van der Waals surface area contributed by atoms with Crippen LogP contribution in [0.3, 0.4) is 0 Å². The Morgan fingerprint density at radius 2 is 1.25 bits per heavy atom. The highest BCUT2D eigenvalue weighted by atomic mass is 32.9. The van der Waals surface area contributed by atoms with Crippen molar-refractivity contribution in [3.63, 3.8) is 0 Å². The minimum absolute atomic E-state index is 0. The van der Waals surface area contributed by atoms with Gasteiger partial charge in [0.05, 0.1) is 0 Å². The lowest BCUT2D eigenvalue weighted by Gasteiger charge is -2.26. The Hall–Kier alpha value is 0.930. The third-order valence-corrected chi connectivity index (χ3v) is 10.7. The molecular formula is C8H30N3O2PS2. The fourth-order valence-corrected chi connectivity index (χ4v) is 10.4. The summed E-state index contributed by atoms with van der Waals surface area (Å²) in [5.41, 5.74) is -2.95. The quantitative estimate of drug-likeness (QED) is 0.348. The minimum atomic E-state index is -2.95. The smallest absolute Gasteiger partial charge is 0.199 e. The second-order valence-electron chi connectivity index (χ2n) is 3.30. The van der Waals surface area contributed by atoms with Crippen LogP contribution in [0.2, 0.25) is 0 Å². The van der Waals surface area contributed by atoms with Crippen LogP contribution in [0.4, 0.5) is 0 Å². The fourth-order valence-electron chi connectivity index (χ4n) is 1.22. The van der Waals surface area contributed by atoms with Crippen LogP contribution in [0.5, 0.6) is 0 Å². The number of hydrogen-bond acceptors (Lipinski definition) is 3. The van der Waals surface area contributed by atoms with Crippen molar-refractivity contribution >= 4 is 28.0 Å². The molecule has 0 saturated carbocycles. The lowest BCUT2D eigenvalue weighted by molar-refractivity contribution is 0.501. The summed E-state index contributed by atoms with van der Waals surface area (Å²) >= 11 is 3.97. The first kappa shape index (κ1) is 25.7. The molecule has 0 aliphatic heterocycles. The molecule has 2 atom stereocenters. The van der Waals surface area contributed by atoms with E-state index in [-0.39, 0.29) is 28.5 Å². The van der Waals surface area contributed by atoms with Gasteiger partial charge in [0, 0.05) is 10.5 Å². The molecule has 0 fully saturated rings. The zero-order chi connectivity index (χ0) is 10.6. The van der Waals surface area contributed by atoms with Gasteiger partial charge in [0.15, 0.2) is 5.69 Å². The largest absolute Gasteiger partial charge is 0.344 e. The van der Waals surface area contributed by atoms with E-state index in [9.17, 15) is 9.79 Å². The predicted molar refractivity (Wildman–Crippen MR) is 82.3 cm³/mol. The second-order valence-corrected chi connectivity index (χ2v) is 11.9. The van der Waals surface area contributed by atoms with Gasteiger partial charge in [0.25, 0.3) is 0 Å². The van der Waals surface area contributed by atoms with Gasteiger partial charge in [-0.25, -0.2) is 0 Å². The Kier molecular flexibility index (Phi) is 17.7. The highest BCUT2D eigenvalue weighted by Gasteiger charge is 2.20. The van der Waals surface area contributed by atoms with E-state index in [1.807, 2.05) is 0 Å². The van der Waals surface area contributed by atoms with Gasteiger partial charge in [-0.3, -0.25) is 0 Å². The van der Waals surface area contributed by atoms with E-state index in [1.54, 1.807) is 0 Å². The Labute approximate surface area is 107 Å². The van der Waals surface area contributed by atoms with Crippen LogP contribution in [0.15, 0.2) is 0 Å². The molecule has 0 heterocycles. The molecule has 0 spiro atoms. The lowest BCUT2D eigenvalue weighted by Crippen LogP contribution is -2.20. The summed E-state index contributed by atoms with van der Waals surface area (Å²) < 4.78 is 0. The molecule has 0 aliphatic carbocycles. The van der Waals surface area contributed by atoms with Gasteiger partial charge in [-0.1, -0.05) is 39.9 Å². The van der Waals surface area contributed by atoms with Gasteiger partial charge in [0.1, 0.15) is 0 Å². The van der Waals surface area contributed by atoms with Crippen molar-refractivity contribution in [3.8, 4) is 0 Å². The first-order chi connectivity index (χ1) is 5.84. The third kappa shape index (κ3) is 8.08. The summed E-state index contributed by atoms with van der Waals surface area (Å²) in [5.74, 6) is 0. The lowest BCUT2D eigenvalue weighted by atomic mass is 10.4. The zero-order valence-corrected chi connectivity index (χ0v) is 13.5. The van der Waals surface area contributed by atoms with Crippen molar-refractivity contribution in [2.45, 2.75) is 51.0 Å².